The first-order valence-corrected chi connectivity index (χ1v) is 12.5. The van der Waals surface area contributed by atoms with Crippen LogP contribution in [-0.4, -0.2) is 42.3 Å². The Kier molecular flexibility index (Phi) is 7.73. The van der Waals surface area contributed by atoms with Crippen LogP contribution < -0.4 is 10.6 Å². The van der Waals surface area contributed by atoms with Gasteiger partial charge < -0.3 is 20.5 Å². The van der Waals surface area contributed by atoms with Crippen LogP contribution in [0.15, 0.2) is 48.5 Å². The van der Waals surface area contributed by atoms with E-state index in [-0.39, 0.29) is 36.2 Å². The third-order valence-corrected chi connectivity index (χ3v) is 7.33. The number of carbonyl (C=O) groups is 3. The van der Waals surface area contributed by atoms with Gasteiger partial charge in [-0.25, -0.2) is 9.59 Å². The van der Waals surface area contributed by atoms with E-state index in [1.54, 1.807) is 13.8 Å². The van der Waals surface area contributed by atoms with E-state index in [9.17, 15) is 19.5 Å². The largest absolute Gasteiger partial charge is 0.480 e. The summed E-state index contributed by atoms with van der Waals surface area (Å²) in [6, 6.07) is 15.5. The molecular formula is C28H34N2O5. The van der Waals surface area contributed by atoms with E-state index >= 15 is 0 Å². The lowest BCUT2D eigenvalue weighted by atomic mass is 9.78. The Bertz CT molecular complexity index is 1040. The Morgan fingerprint density at radius 2 is 1.57 bits per heavy atom. The molecule has 0 bridgehead atoms. The molecule has 2 aromatic rings. The number of carbonyl (C=O) groups excluding carboxylic acids is 2. The minimum absolute atomic E-state index is 0.00894. The SMILES string of the molecule is CC(C)[C@@H](NC(=O)[C@@H]1CCCC[C@@H]1CNC(=O)OCC1c2ccccc2-c2ccccc21)C(=O)O. The van der Waals surface area contributed by atoms with E-state index in [2.05, 4.69) is 34.9 Å². The Labute approximate surface area is 206 Å². The van der Waals surface area contributed by atoms with Crippen molar-refractivity contribution in [3.05, 3.63) is 59.7 Å². The van der Waals surface area contributed by atoms with Crippen molar-refractivity contribution in [2.45, 2.75) is 51.5 Å². The number of ether oxygens (including phenoxy) is 1. The molecule has 1 saturated carbocycles. The van der Waals surface area contributed by atoms with Gasteiger partial charge in [-0.1, -0.05) is 75.2 Å². The predicted octanol–water partition coefficient (Wildman–Crippen LogP) is 4.56. The summed E-state index contributed by atoms with van der Waals surface area (Å²) < 4.78 is 5.63. The van der Waals surface area contributed by atoms with Crippen molar-refractivity contribution in [2.24, 2.45) is 17.8 Å². The highest BCUT2D eigenvalue weighted by molar-refractivity contribution is 5.85. The summed E-state index contributed by atoms with van der Waals surface area (Å²) in [6.45, 7) is 4.11. The zero-order valence-corrected chi connectivity index (χ0v) is 20.3. The van der Waals surface area contributed by atoms with Crippen molar-refractivity contribution in [3.8, 4) is 11.1 Å². The van der Waals surface area contributed by atoms with Crippen molar-refractivity contribution in [2.75, 3.05) is 13.2 Å². The predicted molar refractivity (Wildman–Crippen MR) is 133 cm³/mol. The van der Waals surface area contributed by atoms with E-state index in [4.69, 9.17) is 4.74 Å². The van der Waals surface area contributed by atoms with E-state index in [0.29, 0.717) is 13.0 Å². The summed E-state index contributed by atoms with van der Waals surface area (Å²) in [6.07, 6.45) is 2.89. The van der Waals surface area contributed by atoms with Crippen molar-refractivity contribution < 1.29 is 24.2 Å². The molecule has 3 atom stereocenters. The molecule has 7 nitrogen and oxygen atoms in total. The first-order chi connectivity index (χ1) is 16.9. The smallest absolute Gasteiger partial charge is 0.407 e. The second-order valence-electron chi connectivity index (χ2n) is 9.93. The van der Waals surface area contributed by atoms with Crippen molar-refractivity contribution >= 4 is 18.0 Å². The van der Waals surface area contributed by atoms with Crippen LogP contribution in [0.5, 0.6) is 0 Å². The Morgan fingerprint density at radius 1 is 0.971 bits per heavy atom. The van der Waals surface area contributed by atoms with Gasteiger partial charge in [-0.05, 0) is 46.9 Å². The van der Waals surface area contributed by atoms with Crippen molar-refractivity contribution in [1.82, 2.24) is 10.6 Å². The molecule has 0 heterocycles. The van der Waals surface area contributed by atoms with Gasteiger partial charge in [-0.2, -0.15) is 0 Å². The van der Waals surface area contributed by atoms with Gasteiger partial charge in [-0.3, -0.25) is 4.79 Å². The molecule has 186 valence electrons. The first kappa shape index (κ1) is 24.8. The number of aliphatic carboxylic acids is 1. The molecule has 2 aromatic carbocycles. The number of fused-ring (bicyclic) bond motifs is 3. The maximum atomic E-state index is 12.9. The lowest BCUT2D eigenvalue weighted by molar-refractivity contribution is -0.144. The second kappa shape index (κ2) is 10.9. The first-order valence-electron chi connectivity index (χ1n) is 12.5. The van der Waals surface area contributed by atoms with E-state index in [1.807, 2.05) is 24.3 Å². The standard InChI is InChI=1S/C28H34N2O5/c1-17(2)25(27(32)33)30-26(31)19-10-4-3-9-18(19)15-29-28(34)35-16-24-22-13-7-5-11-20(22)21-12-6-8-14-23(21)24/h5-8,11-14,17-19,24-25H,3-4,9-10,15-16H2,1-2H3,(H,29,34)(H,30,31)(H,32,33)/t18-,19-,25-/m1/s1. The van der Waals surface area contributed by atoms with Gasteiger partial charge in [0.1, 0.15) is 12.6 Å². The van der Waals surface area contributed by atoms with Crippen LogP contribution >= 0.6 is 0 Å². The van der Waals surface area contributed by atoms with Crippen LogP contribution in [0.4, 0.5) is 4.79 Å². The maximum absolute atomic E-state index is 12.9. The van der Waals surface area contributed by atoms with Crippen LogP contribution in [0.3, 0.4) is 0 Å². The molecule has 1 fully saturated rings. The monoisotopic (exact) mass is 478 g/mol. The fourth-order valence-corrected chi connectivity index (χ4v) is 5.43. The maximum Gasteiger partial charge on any atom is 0.407 e. The third-order valence-electron chi connectivity index (χ3n) is 7.33. The minimum atomic E-state index is -1.03. The molecule has 2 amide bonds. The number of carboxylic acid groups (broad SMARTS) is 1. The average Bonchev–Trinajstić information content (AvgIpc) is 3.18. The summed E-state index contributed by atoms with van der Waals surface area (Å²) in [5.74, 6) is -1.87. The normalized spacial score (nSPS) is 20.0. The molecule has 0 radical (unpaired) electrons. The highest BCUT2D eigenvalue weighted by Crippen LogP contribution is 2.44. The molecular weight excluding hydrogens is 444 g/mol. The van der Waals surface area contributed by atoms with Crippen LogP contribution in [0, 0.1) is 17.8 Å². The number of benzene rings is 2. The lowest BCUT2D eigenvalue weighted by Crippen LogP contribution is -2.49. The fraction of sp³-hybridized carbons (Fsp3) is 0.464. The average molecular weight is 479 g/mol. The summed E-state index contributed by atoms with van der Waals surface area (Å²) in [7, 11) is 0. The van der Waals surface area contributed by atoms with Crippen LogP contribution in [0.1, 0.15) is 56.6 Å². The molecule has 4 rings (SSSR count). The highest BCUT2D eigenvalue weighted by atomic mass is 16.5. The molecule has 2 aliphatic carbocycles. The number of hydrogen-bond donors (Lipinski definition) is 3. The molecule has 35 heavy (non-hydrogen) atoms. The number of alkyl carbamates (subject to hydrolysis) is 1. The molecule has 0 saturated heterocycles. The zero-order valence-electron chi connectivity index (χ0n) is 20.3. The topological polar surface area (TPSA) is 105 Å². The molecule has 0 aromatic heterocycles. The van der Waals surface area contributed by atoms with E-state index in [0.717, 1.165) is 30.4 Å². The van der Waals surface area contributed by atoms with E-state index < -0.39 is 18.1 Å². The summed E-state index contributed by atoms with van der Waals surface area (Å²) in [5, 5.41) is 15.0. The Balaban J connectivity index is 1.33. The van der Waals surface area contributed by atoms with Crippen LogP contribution in [0.2, 0.25) is 0 Å². The minimum Gasteiger partial charge on any atom is -0.480 e. The van der Waals surface area contributed by atoms with Crippen molar-refractivity contribution in [3.63, 3.8) is 0 Å². The van der Waals surface area contributed by atoms with Crippen molar-refractivity contribution in [1.29, 1.82) is 0 Å². The fourth-order valence-electron chi connectivity index (χ4n) is 5.43. The quantitative estimate of drug-likeness (QED) is 0.516. The molecule has 7 heteroatoms. The number of rotatable bonds is 8. The number of nitrogens with one attached hydrogen (secondary N) is 2. The van der Waals surface area contributed by atoms with Gasteiger partial charge in [-0.15, -0.1) is 0 Å². The Morgan fingerprint density at radius 3 is 2.17 bits per heavy atom. The summed E-state index contributed by atoms with van der Waals surface area (Å²) in [4.78, 5) is 37.0. The van der Waals surface area contributed by atoms with Gasteiger partial charge in [0.25, 0.3) is 0 Å². The van der Waals surface area contributed by atoms with E-state index in [1.165, 1.54) is 11.1 Å². The van der Waals surface area contributed by atoms with Gasteiger partial charge in [0.15, 0.2) is 0 Å². The highest BCUT2D eigenvalue weighted by Gasteiger charge is 2.34. The molecule has 3 N–H and O–H groups in total. The number of carboxylic acids is 1. The summed E-state index contributed by atoms with van der Waals surface area (Å²) >= 11 is 0. The molecule has 2 aliphatic rings. The van der Waals surface area contributed by atoms with Crippen LogP contribution in [-0.2, 0) is 14.3 Å². The van der Waals surface area contributed by atoms with Gasteiger partial charge in [0.05, 0.1) is 0 Å². The number of amides is 2. The molecule has 0 aliphatic heterocycles. The molecule has 0 unspecified atom stereocenters. The second-order valence-corrected chi connectivity index (χ2v) is 9.93. The number of hydrogen-bond acceptors (Lipinski definition) is 4. The van der Waals surface area contributed by atoms with Gasteiger partial charge >= 0.3 is 12.1 Å². The Hall–Kier alpha value is -3.35. The van der Waals surface area contributed by atoms with Gasteiger partial charge in [0, 0.05) is 18.4 Å². The molecule has 0 spiro atoms. The van der Waals surface area contributed by atoms with Gasteiger partial charge in [0.2, 0.25) is 5.91 Å². The van der Waals surface area contributed by atoms with Crippen LogP contribution in [0.25, 0.3) is 11.1 Å². The zero-order chi connectivity index (χ0) is 24.9. The third kappa shape index (κ3) is 5.50. The lowest BCUT2D eigenvalue weighted by Gasteiger charge is -2.32. The summed E-state index contributed by atoms with van der Waals surface area (Å²) in [5.41, 5.74) is 4.66.